The van der Waals surface area contributed by atoms with Crippen molar-refractivity contribution in [2.45, 2.75) is 57.4 Å². The zero-order chi connectivity index (χ0) is 27.6. The van der Waals surface area contributed by atoms with Gasteiger partial charge in [0.25, 0.3) is 0 Å². The van der Waals surface area contributed by atoms with Gasteiger partial charge in [0.1, 0.15) is 6.04 Å². The highest BCUT2D eigenvalue weighted by Gasteiger charge is 2.52. The molecule has 1 fully saturated rings. The molecular weight excluding hydrogens is 504 g/mol. The Kier molecular flexibility index (Phi) is 7.79. The molecule has 3 atom stereocenters. The van der Waals surface area contributed by atoms with Crippen molar-refractivity contribution in [1.29, 1.82) is 5.26 Å². The number of carboxylic acid groups (broad SMARTS) is 1. The fourth-order valence-electron chi connectivity index (χ4n) is 5.70. The first-order chi connectivity index (χ1) is 18.1. The number of amides is 2. The molecule has 2 aromatic carbocycles. The molecule has 4 rings (SSSR count). The number of halogens is 1. The lowest BCUT2D eigenvalue weighted by molar-refractivity contribution is -0.137. The van der Waals surface area contributed by atoms with Gasteiger partial charge in [0.2, 0.25) is 11.8 Å². The van der Waals surface area contributed by atoms with E-state index in [4.69, 9.17) is 17.3 Å². The van der Waals surface area contributed by atoms with Crippen LogP contribution in [-0.4, -0.2) is 33.5 Å². The lowest BCUT2D eigenvalue weighted by Gasteiger charge is -2.41. The molecule has 0 saturated heterocycles. The van der Waals surface area contributed by atoms with Gasteiger partial charge in [-0.2, -0.15) is 5.26 Å². The fraction of sp³-hybridized carbons (Fsp3) is 0.379. The van der Waals surface area contributed by atoms with Crippen molar-refractivity contribution in [1.82, 2.24) is 9.88 Å². The SMILES string of the molecule is CC(C)C[C@@H](C#N)NC(=O)[C@@H]1CCCC[C@@]1(C(N)=O)c1cn(-c2ccc(Cl)cc2)c2ccc(C(=O)O)cc12. The molecule has 4 N–H and O–H groups in total. The average molecular weight is 535 g/mol. The van der Waals surface area contributed by atoms with Gasteiger partial charge in [0.05, 0.1) is 28.5 Å². The Bertz CT molecular complexity index is 1420. The molecule has 198 valence electrons. The maximum Gasteiger partial charge on any atom is 0.335 e. The van der Waals surface area contributed by atoms with E-state index in [-0.39, 0.29) is 11.5 Å². The summed E-state index contributed by atoms with van der Waals surface area (Å²) < 4.78 is 1.86. The third kappa shape index (κ3) is 4.99. The summed E-state index contributed by atoms with van der Waals surface area (Å²) in [7, 11) is 0. The standard InChI is InChI=1S/C29H31ClN4O4/c1-17(2)13-20(15-31)33-26(35)23-5-3-4-12-29(23,28(32)38)24-16-34(21-9-7-19(30)8-10-21)25-11-6-18(27(36)37)14-22(24)25/h6-11,14,16-17,20,23H,3-5,12-13H2,1-2H3,(H2,32,38)(H,33,35)(H,36,37)/t20-,23-,29-/m0/s1. The number of hydrogen-bond acceptors (Lipinski definition) is 4. The number of carboxylic acids is 1. The van der Waals surface area contributed by atoms with Crippen LogP contribution in [0.5, 0.6) is 0 Å². The van der Waals surface area contributed by atoms with Crippen LogP contribution in [0.25, 0.3) is 16.6 Å². The van der Waals surface area contributed by atoms with Gasteiger partial charge in [-0.3, -0.25) is 9.59 Å². The van der Waals surface area contributed by atoms with Gasteiger partial charge in [-0.15, -0.1) is 0 Å². The van der Waals surface area contributed by atoms with E-state index in [0.29, 0.717) is 47.2 Å². The van der Waals surface area contributed by atoms with Gasteiger partial charge in [-0.05, 0) is 73.2 Å². The molecular formula is C29H31ClN4O4. The zero-order valence-electron chi connectivity index (χ0n) is 21.4. The maximum atomic E-state index is 13.7. The van der Waals surface area contributed by atoms with Crippen LogP contribution >= 0.6 is 11.6 Å². The first kappa shape index (κ1) is 27.2. The summed E-state index contributed by atoms with van der Waals surface area (Å²) in [6, 6.07) is 13.3. The highest BCUT2D eigenvalue weighted by molar-refractivity contribution is 6.30. The van der Waals surface area contributed by atoms with Crippen LogP contribution in [0.2, 0.25) is 5.02 Å². The molecule has 9 heteroatoms. The van der Waals surface area contributed by atoms with Crippen molar-refractivity contribution in [3.05, 3.63) is 64.8 Å². The molecule has 8 nitrogen and oxygen atoms in total. The summed E-state index contributed by atoms with van der Waals surface area (Å²) in [6.45, 7) is 3.94. The highest BCUT2D eigenvalue weighted by Crippen LogP contribution is 2.47. The van der Waals surface area contributed by atoms with Crippen LogP contribution in [-0.2, 0) is 15.0 Å². The number of hydrogen-bond donors (Lipinski definition) is 3. The number of fused-ring (bicyclic) bond motifs is 1. The Labute approximate surface area is 226 Å². The monoisotopic (exact) mass is 534 g/mol. The van der Waals surface area contributed by atoms with Crippen LogP contribution in [0, 0.1) is 23.2 Å². The van der Waals surface area contributed by atoms with E-state index in [0.717, 1.165) is 12.1 Å². The lowest BCUT2D eigenvalue weighted by Crippen LogP contribution is -2.55. The first-order valence-electron chi connectivity index (χ1n) is 12.7. The van der Waals surface area contributed by atoms with E-state index < -0.39 is 35.2 Å². The summed E-state index contributed by atoms with van der Waals surface area (Å²) in [5.41, 5.74) is 6.75. The van der Waals surface area contributed by atoms with Gasteiger partial charge in [0, 0.05) is 22.3 Å². The average Bonchev–Trinajstić information content (AvgIpc) is 3.27. The van der Waals surface area contributed by atoms with Crippen molar-refractivity contribution in [2.24, 2.45) is 17.6 Å². The molecule has 0 aliphatic heterocycles. The van der Waals surface area contributed by atoms with Crippen molar-refractivity contribution < 1.29 is 19.5 Å². The summed E-state index contributed by atoms with van der Waals surface area (Å²) >= 11 is 6.10. The number of benzene rings is 2. The molecule has 0 unspecified atom stereocenters. The second-order valence-corrected chi connectivity index (χ2v) is 10.8. The number of nitrogens with two attached hydrogens (primary N) is 1. The van der Waals surface area contributed by atoms with Crippen molar-refractivity contribution >= 4 is 40.3 Å². The summed E-state index contributed by atoms with van der Waals surface area (Å²) in [5, 5.41) is 23.3. The largest absolute Gasteiger partial charge is 0.478 e. The van der Waals surface area contributed by atoms with Crippen LogP contribution in [0.1, 0.15) is 61.9 Å². The van der Waals surface area contributed by atoms with Crippen molar-refractivity contribution in [2.75, 3.05) is 0 Å². The minimum absolute atomic E-state index is 0.0607. The Balaban J connectivity index is 1.93. The van der Waals surface area contributed by atoms with E-state index in [9.17, 15) is 24.8 Å². The smallest absolute Gasteiger partial charge is 0.335 e. The van der Waals surface area contributed by atoms with Crippen LogP contribution in [0.4, 0.5) is 0 Å². The Morgan fingerprint density at radius 2 is 1.92 bits per heavy atom. The van der Waals surface area contributed by atoms with E-state index in [1.165, 1.54) is 12.1 Å². The molecule has 0 bridgehead atoms. The van der Waals surface area contributed by atoms with E-state index in [2.05, 4.69) is 11.4 Å². The quantitative estimate of drug-likeness (QED) is 0.375. The number of primary amides is 1. The van der Waals surface area contributed by atoms with Crippen molar-refractivity contribution in [3.63, 3.8) is 0 Å². The number of carbonyl (C=O) groups is 3. The number of nitriles is 1. The molecule has 1 aliphatic rings. The molecule has 1 aromatic heterocycles. The molecule has 0 radical (unpaired) electrons. The van der Waals surface area contributed by atoms with Gasteiger partial charge in [-0.1, -0.05) is 38.3 Å². The fourth-order valence-corrected chi connectivity index (χ4v) is 5.83. The van der Waals surface area contributed by atoms with Crippen LogP contribution in [0.3, 0.4) is 0 Å². The third-order valence-corrected chi connectivity index (χ3v) is 7.73. The predicted octanol–water partition coefficient (Wildman–Crippen LogP) is 4.95. The number of nitrogens with one attached hydrogen (secondary N) is 1. The second kappa shape index (κ2) is 10.9. The molecule has 1 aliphatic carbocycles. The molecule has 3 aromatic rings. The second-order valence-electron chi connectivity index (χ2n) is 10.4. The van der Waals surface area contributed by atoms with Gasteiger partial charge >= 0.3 is 5.97 Å². The van der Waals surface area contributed by atoms with E-state index >= 15 is 0 Å². The zero-order valence-corrected chi connectivity index (χ0v) is 22.2. The molecule has 2 amide bonds. The summed E-state index contributed by atoms with van der Waals surface area (Å²) in [6.07, 6.45) is 4.42. The van der Waals surface area contributed by atoms with Gasteiger partial charge < -0.3 is 20.7 Å². The Morgan fingerprint density at radius 1 is 1.21 bits per heavy atom. The van der Waals surface area contributed by atoms with Gasteiger partial charge in [-0.25, -0.2) is 4.79 Å². The Morgan fingerprint density at radius 3 is 2.53 bits per heavy atom. The highest BCUT2D eigenvalue weighted by atomic mass is 35.5. The van der Waals surface area contributed by atoms with E-state index in [1.54, 1.807) is 24.4 Å². The normalized spacial score (nSPS) is 20.1. The van der Waals surface area contributed by atoms with Gasteiger partial charge in [0.15, 0.2) is 0 Å². The van der Waals surface area contributed by atoms with Crippen LogP contribution in [0.15, 0.2) is 48.7 Å². The number of aromatic carboxylic acids is 1. The molecule has 1 heterocycles. The molecule has 38 heavy (non-hydrogen) atoms. The number of carbonyl (C=O) groups excluding carboxylic acids is 2. The summed E-state index contributed by atoms with van der Waals surface area (Å²) in [4.78, 5) is 39.0. The summed E-state index contributed by atoms with van der Waals surface area (Å²) in [5.74, 6) is -2.76. The lowest BCUT2D eigenvalue weighted by atomic mass is 9.61. The number of aromatic nitrogens is 1. The van der Waals surface area contributed by atoms with Crippen LogP contribution < -0.4 is 11.1 Å². The predicted molar refractivity (Wildman–Crippen MR) is 145 cm³/mol. The van der Waals surface area contributed by atoms with E-state index in [1.807, 2.05) is 30.5 Å². The third-order valence-electron chi connectivity index (χ3n) is 7.48. The minimum atomic E-state index is -1.38. The molecule has 1 saturated carbocycles. The maximum absolute atomic E-state index is 13.7. The first-order valence-corrected chi connectivity index (χ1v) is 13.1. The Hall–Kier alpha value is -3.83. The molecule has 0 spiro atoms. The van der Waals surface area contributed by atoms with Crippen molar-refractivity contribution in [3.8, 4) is 11.8 Å². The number of nitrogens with zero attached hydrogens (tertiary/aromatic N) is 2. The number of rotatable bonds is 8. The topological polar surface area (TPSA) is 138 Å². The minimum Gasteiger partial charge on any atom is -0.478 e.